The minimum atomic E-state index is -1.53. The molecular formula is C40H74O9. The average Bonchev–Trinajstić information content (AvgIpc) is 3.10. The van der Waals surface area contributed by atoms with Gasteiger partial charge in [0.15, 0.2) is 6.29 Å². The van der Waals surface area contributed by atoms with Gasteiger partial charge in [0.1, 0.15) is 30.5 Å². The van der Waals surface area contributed by atoms with Gasteiger partial charge in [-0.25, -0.2) is 0 Å². The third-order valence-corrected chi connectivity index (χ3v) is 9.12. The zero-order valence-electron chi connectivity index (χ0n) is 31.2. The molecule has 9 nitrogen and oxygen atoms in total. The third-order valence-electron chi connectivity index (χ3n) is 9.12. The fraction of sp³-hybridized carbons (Fsp3) is 0.875. The number of ether oxygens (including phenoxy) is 4. The molecule has 1 heterocycles. The first kappa shape index (κ1) is 45.7. The van der Waals surface area contributed by atoms with Crippen LogP contribution in [-0.4, -0.2) is 89.6 Å². The summed E-state index contributed by atoms with van der Waals surface area (Å²) < 4.78 is 22.3. The minimum Gasteiger partial charge on any atom is -0.457 e. The van der Waals surface area contributed by atoms with Crippen LogP contribution in [0.25, 0.3) is 0 Å². The Hall–Kier alpha value is -1.33. The highest BCUT2D eigenvalue weighted by molar-refractivity contribution is 5.69. The molecule has 0 aromatic rings. The predicted molar refractivity (Wildman–Crippen MR) is 196 cm³/mol. The molecule has 0 saturated carbocycles. The summed E-state index contributed by atoms with van der Waals surface area (Å²) in [5.41, 5.74) is 0. The van der Waals surface area contributed by atoms with E-state index in [2.05, 4.69) is 31.2 Å². The molecule has 1 saturated heterocycles. The second-order valence-corrected chi connectivity index (χ2v) is 13.7. The molecule has 1 rings (SSSR count). The van der Waals surface area contributed by atoms with Crippen LogP contribution >= 0.6 is 0 Å². The van der Waals surface area contributed by atoms with Crippen molar-refractivity contribution >= 4 is 5.97 Å². The topological polar surface area (TPSA) is 135 Å². The molecule has 6 unspecified atom stereocenters. The van der Waals surface area contributed by atoms with Gasteiger partial charge in [-0.15, -0.1) is 0 Å². The van der Waals surface area contributed by atoms with Crippen molar-refractivity contribution in [1.29, 1.82) is 0 Å². The van der Waals surface area contributed by atoms with Crippen molar-refractivity contribution in [2.24, 2.45) is 0 Å². The van der Waals surface area contributed by atoms with E-state index in [0.717, 1.165) is 32.1 Å². The van der Waals surface area contributed by atoms with Crippen LogP contribution in [0.15, 0.2) is 24.3 Å². The van der Waals surface area contributed by atoms with Gasteiger partial charge in [0.2, 0.25) is 0 Å². The van der Waals surface area contributed by atoms with Crippen molar-refractivity contribution in [3.63, 3.8) is 0 Å². The molecule has 0 amide bonds. The van der Waals surface area contributed by atoms with E-state index in [1.807, 2.05) is 6.92 Å². The zero-order chi connectivity index (χ0) is 35.8. The van der Waals surface area contributed by atoms with Crippen molar-refractivity contribution < 1.29 is 44.2 Å². The molecule has 0 aromatic carbocycles. The van der Waals surface area contributed by atoms with Gasteiger partial charge < -0.3 is 39.4 Å². The van der Waals surface area contributed by atoms with E-state index < -0.39 is 43.4 Å². The number of rotatable bonds is 33. The van der Waals surface area contributed by atoms with Gasteiger partial charge in [0.05, 0.1) is 19.8 Å². The fourth-order valence-electron chi connectivity index (χ4n) is 5.91. The maximum atomic E-state index is 12.2. The molecule has 49 heavy (non-hydrogen) atoms. The Morgan fingerprint density at radius 3 is 1.73 bits per heavy atom. The molecule has 1 aliphatic heterocycles. The highest BCUT2D eigenvalue weighted by Crippen LogP contribution is 2.22. The van der Waals surface area contributed by atoms with Crippen molar-refractivity contribution in [3.05, 3.63) is 24.3 Å². The molecule has 0 spiro atoms. The van der Waals surface area contributed by atoms with Gasteiger partial charge in [-0.05, 0) is 44.9 Å². The second-order valence-electron chi connectivity index (χ2n) is 13.7. The van der Waals surface area contributed by atoms with E-state index in [1.165, 1.54) is 109 Å². The van der Waals surface area contributed by atoms with Crippen molar-refractivity contribution in [2.75, 3.05) is 26.4 Å². The van der Waals surface area contributed by atoms with Gasteiger partial charge >= 0.3 is 5.97 Å². The number of carbonyl (C=O) groups excluding carboxylic acids is 1. The van der Waals surface area contributed by atoms with E-state index >= 15 is 0 Å². The molecule has 0 bridgehead atoms. The highest BCUT2D eigenvalue weighted by atomic mass is 16.7. The molecule has 0 aliphatic carbocycles. The van der Waals surface area contributed by atoms with Crippen LogP contribution in [0, 0.1) is 0 Å². The summed E-state index contributed by atoms with van der Waals surface area (Å²) in [4.78, 5) is 12.2. The molecule has 0 radical (unpaired) electrons. The largest absolute Gasteiger partial charge is 0.457 e. The Bertz CT molecular complexity index is 803. The van der Waals surface area contributed by atoms with Crippen LogP contribution < -0.4 is 0 Å². The van der Waals surface area contributed by atoms with E-state index in [4.69, 9.17) is 18.9 Å². The lowest BCUT2D eigenvalue weighted by Crippen LogP contribution is -2.59. The summed E-state index contributed by atoms with van der Waals surface area (Å²) in [5, 5.41) is 39.6. The summed E-state index contributed by atoms with van der Waals surface area (Å²) in [6.45, 7) is 4.30. The standard InChI is InChI=1S/C40H74O9/c1-3-5-7-8-9-10-11-12-13-14-15-16-17-18-19-20-21-22-23-24-25-26-27-28-30-46-32-34(48-36(42)29-6-4-2)33-47-40-39(45)38(44)37(43)35(31-41)49-40/h11-12,14-15,34-35,37-41,43-45H,3-10,13,16-33H2,1-2H3/b12-11-,15-14-. The summed E-state index contributed by atoms with van der Waals surface area (Å²) >= 11 is 0. The molecule has 0 aromatic heterocycles. The second kappa shape index (κ2) is 32.6. The molecule has 6 atom stereocenters. The summed E-state index contributed by atoms with van der Waals surface area (Å²) in [6.07, 6.45) is 29.0. The van der Waals surface area contributed by atoms with Crippen LogP contribution in [0.1, 0.15) is 162 Å². The van der Waals surface area contributed by atoms with Crippen molar-refractivity contribution in [2.45, 2.75) is 198 Å². The molecule has 288 valence electrons. The SMILES string of the molecule is CCCCCCC/C=C\C/C=C\CCCCCCCCCCCCCCOCC(COC1OC(CO)C(O)C(O)C1O)OC(=O)CCCC. The smallest absolute Gasteiger partial charge is 0.306 e. The van der Waals surface area contributed by atoms with Gasteiger partial charge in [-0.3, -0.25) is 4.79 Å². The third kappa shape index (κ3) is 24.5. The van der Waals surface area contributed by atoms with Gasteiger partial charge in [0.25, 0.3) is 0 Å². The van der Waals surface area contributed by atoms with E-state index in [9.17, 15) is 25.2 Å². The van der Waals surface area contributed by atoms with Crippen LogP contribution in [-0.2, 0) is 23.7 Å². The number of aliphatic hydroxyl groups excluding tert-OH is 4. The van der Waals surface area contributed by atoms with Crippen LogP contribution in [0.3, 0.4) is 0 Å². The van der Waals surface area contributed by atoms with Crippen molar-refractivity contribution in [3.8, 4) is 0 Å². The molecule has 1 aliphatic rings. The number of esters is 1. The first-order chi connectivity index (χ1) is 23.9. The van der Waals surface area contributed by atoms with Gasteiger partial charge in [-0.1, -0.05) is 134 Å². The Morgan fingerprint density at radius 1 is 0.653 bits per heavy atom. The lowest BCUT2D eigenvalue weighted by Gasteiger charge is -2.39. The fourth-order valence-corrected chi connectivity index (χ4v) is 5.91. The molecular weight excluding hydrogens is 624 g/mol. The quantitative estimate of drug-likeness (QED) is 0.0307. The monoisotopic (exact) mass is 699 g/mol. The van der Waals surface area contributed by atoms with Gasteiger partial charge in [0, 0.05) is 13.0 Å². The minimum absolute atomic E-state index is 0.116. The maximum absolute atomic E-state index is 12.2. The van der Waals surface area contributed by atoms with Crippen molar-refractivity contribution in [1.82, 2.24) is 0 Å². The first-order valence-corrected chi connectivity index (χ1v) is 19.9. The zero-order valence-corrected chi connectivity index (χ0v) is 31.2. The lowest BCUT2D eigenvalue weighted by molar-refractivity contribution is -0.305. The maximum Gasteiger partial charge on any atom is 0.306 e. The lowest BCUT2D eigenvalue weighted by atomic mass is 9.99. The number of allylic oxidation sites excluding steroid dienone is 4. The highest BCUT2D eigenvalue weighted by Gasteiger charge is 2.44. The molecule has 9 heteroatoms. The van der Waals surface area contributed by atoms with E-state index in [1.54, 1.807) is 0 Å². The van der Waals surface area contributed by atoms with Crippen LogP contribution in [0.4, 0.5) is 0 Å². The Labute approximate surface area is 298 Å². The average molecular weight is 699 g/mol. The molecule has 4 N–H and O–H groups in total. The number of hydrogen-bond acceptors (Lipinski definition) is 9. The Kier molecular flexibility index (Phi) is 30.4. The number of carbonyl (C=O) groups is 1. The van der Waals surface area contributed by atoms with Crippen LogP contribution in [0.5, 0.6) is 0 Å². The number of unbranched alkanes of at least 4 members (excludes halogenated alkanes) is 18. The Balaban J connectivity index is 2.03. The van der Waals surface area contributed by atoms with E-state index in [0.29, 0.717) is 13.0 Å². The van der Waals surface area contributed by atoms with Crippen LogP contribution in [0.2, 0.25) is 0 Å². The summed E-state index contributed by atoms with van der Waals surface area (Å²) in [7, 11) is 0. The Morgan fingerprint density at radius 2 is 1.18 bits per heavy atom. The van der Waals surface area contributed by atoms with E-state index in [-0.39, 0.29) is 19.2 Å². The summed E-state index contributed by atoms with van der Waals surface area (Å²) in [5.74, 6) is -0.349. The summed E-state index contributed by atoms with van der Waals surface area (Å²) in [6, 6.07) is 0. The number of hydrogen-bond donors (Lipinski definition) is 4. The number of aliphatic hydroxyl groups is 4. The molecule has 1 fully saturated rings. The van der Waals surface area contributed by atoms with Gasteiger partial charge in [-0.2, -0.15) is 0 Å². The normalized spacial score (nSPS) is 22.0. The first-order valence-electron chi connectivity index (χ1n) is 19.9. The predicted octanol–water partition coefficient (Wildman–Crippen LogP) is 7.86.